The molecule has 0 bridgehead atoms. The van der Waals surface area contributed by atoms with E-state index in [0.717, 1.165) is 0 Å². The van der Waals surface area contributed by atoms with Gasteiger partial charge in [0.05, 0.1) is 0 Å². The topological polar surface area (TPSA) is 38.0 Å². The molecular weight excluding hydrogens is 196 g/mol. The zero-order valence-electron chi connectivity index (χ0n) is 10.5. The minimum Gasteiger partial charge on any atom is -0.322 e. The van der Waals surface area contributed by atoms with Gasteiger partial charge in [0.15, 0.2) is 0 Å². The highest BCUT2D eigenvalue weighted by atomic mass is 15.0. The third-order valence-corrected chi connectivity index (χ3v) is 3.90. The average molecular weight is 218 g/mol. The van der Waals surface area contributed by atoms with Gasteiger partial charge in [-0.3, -0.25) is 0 Å². The molecule has 2 rings (SSSR count). The number of likely N-dealkylation sites (N-methyl/N-ethyl adjacent to an activating group) is 1. The van der Waals surface area contributed by atoms with E-state index >= 15 is 0 Å². The lowest BCUT2D eigenvalue weighted by molar-refractivity contribution is 0.348. The van der Waals surface area contributed by atoms with Crippen LogP contribution >= 0.6 is 0 Å². The van der Waals surface area contributed by atoms with Gasteiger partial charge in [-0.15, -0.1) is 0 Å². The molecule has 0 aliphatic heterocycles. The Morgan fingerprint density at radius 1 is 1.25 bits per heavy atom. The van der Waals surface area contributed by atoms with Crippen molar-refractivity contribution < 1.29 is 0 Å². The van der Waals surface area contributed by atoms with E-state index in [1.165, 1.54) is 36.0 Å². The fourth-order valence-corrected chi connectivity index (χ4v) is 2.36. The van der Waals surface area contributed by atoms with Gasteiger partial charge in [-0.1, -0.05) is 18.2 Å². The van der Waals surface area contributed by atoms with Gasteiger partial charge < -0.3 is 11.1 Å². The number of nitrogens with two attached hydrogens (primary N) is 1. The van der Waals surface area contributed by atoms with Crippen molar-refractivity contribution >= 4 is 0 Å². The van der Waals surface area contributed by atoms with Crippen LogP contribution in [0.15, 0.2) is 18.2 Å². The van der Waals surface area contributed by atoms with Crippen molar-refractivity contribution in [2.45, 2.75) is 44.7 Å². The Bertz CT molecular complexity index is 382. The summed E-state index contributed by atoms with van der Waals surface area (Å²) < 4.78 is 0. The first kappa shape index (κ1) is 11.6. The molecule has 0 heterocycles. The first-order chi connectivity index (χ1) is 7.54. The highest BCUT2D eigenvalue weighted by Crippen LogP contribution is 2.28. The molecule has 0 amide bonds. The molecule has 0 fully saturated rings. The van der Waals surface area contributed by atoms with Crippen LogP contribution < -0.4 is 11.1 Å². The van der Waals surface area contributed by atoms with Crippen LogP contribution in [-0.2, 0) is 12.8 Å². The van der Waals surface area contributed by atoms with E-state index in [9.17, 15) is 0 Å². The Labute approximate surface area is 98.2 Å². The lowest BCUT2D eigenvalue weighted by atomic mass is 9.88. The fraction of sp³-hybridized carbons (Fsp3) is 0.571. The van der Waals surface area contributed by atoms with Crippen molar-refractivity contribution in [3.63, 3.8) is 0 Å². The van der Waals surface area contributed by atoms with Crippen LogP contribution in [0.3, 0.4) is 0 Å². The summed E-state index contributed by atoms with van der Waals surface area (Å²) in [6, 6.07) is 6.78. The molecule has 3 N–H and O–H groups in total. The predicted octanol–water partition coefficient (Wildman–Crippen LogP) is 2.17. The van der Waals surface area contributed by atoms with Crippen LogP contribution in [-0.4, -0.2) is 12.6 Å². The molecule has 1 unspecified atom stereocenters. The number of hydrogen-bond acceptors (Lipinski definition) is 2. The van der Waals surface area contributed by atoms with Crippen LogP contribution in [0.4, 0.5) is 0 Å². The molecule has 0 spiro atoms. The predicted molar refractivity (Wildman–Crippen MR) is 68.5 cm³/mol. The van der Waals surface area contributed by atoms with Gasteiger partial charge in [0.2, 0.25) is 0 Å². The SMILES string of the molecule is CNC(C)(C)C(N)c1ccc2c(c1)CCC2. The molecule has 88 valence electrons. The average Bonchev–Trinajstić information content (AvgIpc) is 2.74. The van der Waals surface area contributed by atoms with E-state index in [0.29, 0.717) is 0 Å². The van der Waals surface area contributed by atoms with Crippen molar-refractivity contribution in [2.75, 3.05) is 7.05 Å². The minimum atomic E-state index is -0.0627. The van der Waals surface area contributed by atoms with Gasteiger partial charge in [0.25, 0.3) is 0 Å². The smallest absolute Gasteiger partial charge is 0.0474 e. The van der Waals surface area contributed by atoms with Crippen molar-refractivity contribution in [3.8, 4) is 0 Å². The zero-order valence-corrected chi connectivity index (χ0v) is 10.5. The summed E-state index contributed by atoms with van der Waals surface area (Å²) in [6.45, 7) is 4.29. The third kappa shape index (κ3) is 2.00. The molecule has 1 aromatic carbocycles. The van der Waals surface area contributed by atoms with Crippen LogP contribution in [0, 0.1) is 0 Å². The highest BCUT2D eigenvalue weighted by molar-refractivity contribution is 5.37. The third-order valence-electron chi connectivity index (χ3n) is 3.90. The number of fused-ring (bicyclic) bond motifs is 1. The van der Waals surface area contributed by atoms with Crippen molar-refractivity contribution in [2.24, 2.45) is 5.73 Å². The van der Waals surface area contributed by atoms with Crippen LogP contribution in [0.5, 0.6) is 0 Å². The van der Waals surface area contributed by atoms with Crippen molar-refractivity contribution in [3.05, 3.63) is 34.9 Å². The molecule has 16 heavy (non-hydrogen) atoms. The molecule has 1 aromatic rings. The monoisotopic (exact) mass is 218 g/mol. The Morgan fingerprint density at radius 2 is 1.94 bits per heavy atom. The maximum absolute atomic E-state index is 6.31. The van der Waals surface area contributed by atoms with Gasteiger partial charge in [-0.2, -0.15) is 0 Å². The van der Waals surface area contributed by atoms with E-state index in [1.54, 1.807) is 0 Å². The lowest BCUT2D eigenvalue weighted by Crippen LogP contribution is -2.46. The second-order valence-corrected chi connectivity index (χ2v) is 5.33. The van der Waals surface area contributed by atoms with E-state index in [4.69, 9.17) is 5.73 Å². The maximum Gasteiger partial charge on any atom is 0.0474 e. The highest BCUT2D eigenvalue weighted by Gasteiger charge is 2.26. The minimum absolute atomic E-state index is 0.0448. The Morgan fingerprint density at radius 3 is 2.62 bits per heavy atom. The summed E-state index contributed by atoms with van der Waals surface area (Å²) in [6.07, 6.45) is 3.75. The Hall–Kier alpha value is -0.860. The molecule has 2 heteroatoms. The molecule has 1 atom stereocenters. The van der Waals surface area contributed by atoms with Crippen LogP contribution in [0.1, 0.15) is 43.0 Å². The van der Waals surface area contributed by atoms with Crippen molar-refractivity contribution in [1.29, 1.82) is 0 Å². The molecule has 2 nitrogen and oxygen atoms in total. The van der Waals surface area contributed by atoms with Gasteiger partial charge in [0, 0.05) is 11.6 Å². The van der Waals surface area contributed by atoms with E-state index in [2.05, 4.69) is 37.4 Å². The second-order valence-electron chi connectivity index (χ2n) is 5.33. The molecule has 1 aliphatic rings. The molecule has 0 radical (unpaired) electrons. The summed E-state index contributed by atoms with van der Waals surface area (Å²) in [7, 11) is 1.97. The molecular formula is C14H22N2. The normalized spacial score (nSPS) is 17.2. The van der Waals surface area contributed by atoms with E-state index in [1.807, 2.05) is 7.05 Å². The van der Waals surface area contributed by atoms with E-state index < -0.39 is 0 Å². The first-order valence-electron chi connectivity index (χ1n) is 6.11. The maximum atomic E-state index is 6.31. The van der Waals surface area contributed by atoms with Gasteiger partial charge in [0.1, 0.15) is 0 Å². The largest absolute Gasteiger partial charge is 0.322 e. The Kier molecular flexibility index (Phi) is 3.04. The zero-order chi connectivity index (χ0) is 11.8. The number of hydrogen-bond donors (Lipinski definition) is 2. The fourth-order valence-electron chi connectivity index (χ4n) is 2.36. The molecule has 0 saturated carbocycles. The van der Waals surface area contributed by atoms with Crippen LogP contribution in [0.25, 0.3) is 0 Å². The summed E-state index contributed by atoms with van der Waals surface area (Å²) in [5, 5.41) is 3.28. The lowest BCUT2D eigenvalue weighted by Gasteiger charge is -2.31. The first-order valence-corrected chi connectivity index (χ1v) is 6.11. The molecule has 1 aliphatic carbocycles. The summed E-state index contributed by atoms with van der Waals surface area (Å²) in [4.78, 5) is 0. The van der Waals surface area contributed by atoms with Gasteiger partial charge >= 0.3 is 0 Å². The summed E-state index contributed by atoms with van der Waals surface area (Å²) in [5.41, 5.74) is 10.5. The standard InChI is InChI=1S/C14H22N2/c1-14(2,16-3)13(15)12-8-7-10-5-4-6-11(10)9-12/h7-9,13,16H,4-6,15H2,1-3H3. The number of benzene rings is 1. The van der Waals surface area contributed by atoms with E-state index in [-0.39, 0.29) is 11.6 Å². The van der Waals surface area contributed by atoms with Gasteiger partial charge in [-0.25, -0.2) is 0 Å². The molecule has 0 aromatic heterocycles. The Balaban J connectivity index is 2.28. The molecule has 0 saturated heterocycles. The summed E-state index contributed by atoms with van der Waals surface area (Å²) >= 11 is 0. The number of rotatable bonds is 3. The summed E-state index contributed by atoms with van der Waals surface area (Å²) in [5.74, 6) is 0. The van der Waals surface area contributed by atoms with Crippen molar-refractivity contribution in [1.82, 2.24) is 5.32 Å². The quantitative estimate of drug-likeness (QED) is 0.816. The van der Waals surface area contributed by atoms with Gasteiger partial charge in [-0.05, 0) is 56.8 Å². The number of aryl methyl sites for hydroxylation is 2. The van der Waals surface area contributed by atoms with Crippen LogP contribution in [0.2, 0.25) is 0 Å². The number of nitrogens with one attached hydrogen (secondary N) is 1. The second kappa shape index (κ2) is 4.19.